The van der Waals surface area contributed by atoms with E-state index in [0.29, 0.717) is 19.6 Å². The van der Waals surface area contributed by atoms with Crippen molar-refractivity contribution < 1.29 is 9.52 Å². The van der Waals surface area contributed by atoms with Crippen LogP contribution in [0.5, 0.6) is 0 Å². The Morgan fingerprint density at radius 2 is 2.50 bits per heavy atom. The molecule has 0 aliphatic rings. The van der Waals surface area contributed by atoms with Crippen LogP contribution in [0.1, 0.15) is 4.88 Å². The first kappa shape index (κ1) is 9.97. The van der Waals surface area contributed by atoms with Gasteiger partial charge in [-0.2, -0.15) is 0 Å². The SMILES string of the molecule is OCc1sc(Sc2ncco2)nc1Cl. The number of aromatic nitrogens is 2. The van der Waals surface area contributed by atoms with Crippen molar-refractivity contribution in [1.29, 1.82) is 0 Å². The van der Waals surface area contributed by atoms with Crippen LogP contribution >= 0.6 is 34.7 Å². The Hall–Kier alpha value is -0.560. The first-order valence-electron chi connectivity index (χ1n) is 3.63. The monoisotopic (exact) mass is 248 g/mol. The van der Waals surface area contributed by atoms with Crippen LogP contribution in [0.2, 0.25) is 5.15 Å². The van der Waals surface area contributed by atoms with E-state index in [1.54, 1.807) is 6.20 Å². The second-order valence-electron chi connectivity index (χ2n) is 2.25. The Morgan fingerprint density at radius 1 is 1.64 bits per heavy atom. The van der Waals surface area contributed by atoms with Gasteiger partial charge in [0.15, 0.2) is 4.34 Å². The average molecular weight is 249 g/mol. The smallest absolute Gasteiger partial charge is 0.262 e. The highest BCUT2D eigenvalue weighted by atomic mass is 35.5. The molecule has 2 rings (SSSR count). The molecule has 2 heterocycles. The number of hydrogen-bond acceptors (Lipinski definition) is 6. The molecule has 0 aromatic carbocycles. The van der Waals surface area contributed by atoms with E-state index in [9.17, 15) is 0 Å². The molecule has 0 bridgehead atoms. The van der Waals surface area contributed by atoms with E-state index in [1.165, 1.54) is 29.4 Å². The van der Waals surface area contributed by atoms with Gasteiger partial charge in [0.25, 0.3) is 5.22 Å². The normalized spacial score (nSPS) is 10.7. The zero-order valence-electron chi connectivity index (χ0n) is 6.81. The first-order chi connectivity index (χ1) is 6.79. The van der Waals surface area contributed by atoms with Crippen LogP contribution in [0.25, 0.3) is 0 Å². The predicted molar refractivity (Wildman–Crippen MR) is 53.7 cm³/mol. The standard InChI is InChI=1S/C7H5ClN2O2S2/c8-5-4(3-11)13-7(10-5)14-6-9-1-2-12-6/h1-2,11H,3H2. The lowest BCUT2D eigenvalue weighted by Crippen LogP contribution is -1.75. The average Bonchev–Trinajstić information content (AvgIpc) is 2.76. The van der Waals surface area contributed by atoms with Gasteiger partial charge in [0.1, 0.15) is 11.4 Å². The van der Waals surface area contributed by atoms with Gasteiger partial charge >= 0.3 is 0 Å². The van der Waals surface area contributed by atoms with Gasteiger partial charge in [-0.3, -0.25) is 0 Å². The molecule has 0 unspecified atom stereocenters. The molecule has 14 heavy (non-hydrogen) atoms. The maximum absolute atomic E-state index is 8.90. The fourth-order valence-corrected chi connectivity index (χ4v) is 2.88. The first-order valence-corrected chi connectivity index (χ1v) is 5.64. The van der Waals surface area contributed by atoms with E-state index in [1.807, 2.05) is 0 Å². The van der Waals surface area contributed by atoms with Crippen molar-refractivity contribution in [2.24, 2.45) is 0 Å². The highest BCUT2D eigenvalue weighted by Crippen LogP contribution is 2.33. The minimum absolute atomic E-state index is 0.0946. The molecule has 0 aliphatic carbocycles. The lowest BCUT2D eigenvalue weighted by atomic mass is 10.6. The summed E-state index contributed by atoms with van der Waals surface area (Å²) in [5, 5.41) is 9.75. The second-order valence-corrected chi connectivity index (χ2v) is 4.89. The summed E-state index contributed by atoms with van der Waals surface area (Å²) in [7, 11) is 0. The zero-order chi connectivity index (χ0) is 9.97. The number of rotatable bonds is 3. The van der Waals surface area contributed by atoms with Crippen LogP contribution in [0, 0.1) is 0 Å². The van der Waals surface area contributed by atoms with Crippen molar-refractivity contribution in [2.75, 3.05) is 0 Å². The van der Waals surface area contributed by atoms with Crippen LogP contribution in [0.3, 0.4) is 0 Å². The van der Waals surface area contributed by atoms with E-state index >= 15 is 0 Å². The number of nitrogens with zero attached hydrogens (tertiary/aromatic N) is 2. The molecule has 0 radical (unpaired) electrons. The summed E-state index contributed by atoms with van der Waals surface area (Å²) in [5.74, 6) is 0. The van der Waals surface area contributed by atoms with Crippen LogP contribution in [-0.2, 0) is 6.61 Å². The molecule has 1 N–H and O–H groups in total. The van der Waals surface area contributed by atoms with Crippen molar-refractivity contribution in [2.45, 2.75) is 16.2 Å². The van der Waals surface area contributed by atoms with Crippen LogP contribution in [0.15, 0.2) is 26.4 Å². The van der Waals surface area contributed by atoms with Crippen LogP contribution < -0.4 is 0 Å². The highest BCUT2D eigenvalue weighted by molar-refractivity contribution is 8.00. The quantitative estimate of drug-likeness (QED) is 0.904. The maximum atomic E-state index is 8.90. The molecule has 0 saturated heterocycles. The number of halogens is 1. The van der Waals surface area contributed by atoms with Gasteiger partial charge in [-0.05, 0) is 0 Å². The Kier molecular flexibility index (Phi) is 3.07. The molecule has 0 fully saturated rings. The van der Waals surface area contributed by atoms with E-state index in [2.05, 4.69) is 9.97 Å². The van der Waals surface area contributed by atoms with Gasteiger partial charge in [-0.15, -0.1) is 11.3 Å². The fraction of sp³-hybridized carbons (Fsp3) is 0.143. The van der Waals surface area contributed by atoms with E-state index in [4.69, 9.17) is 21.1 Å². The van der Waals surface area contributed by atoms with Gasteiger partial charge in [0.05, 0.1) is 17.7 Å². The van der Waals surface area contributed by atoms with Crippen molar-refractivity contribution in [1.82, 2.24) is 9.97 Å². The molecular weight excluding hydrogens is 244 g/mol. The zero-order valence-corrected chi connectivity index (χ0v) is 9.20. The third-order valence-electron chi connectivity index (χ3n) is 1.36. The van der Waals surface area contributed by atoms with Gasteiger partial charge in [0.2, 0.25) is 0 Å². The molecule has 0 amide bonds. The summed E-state index contributed by atoms with van der Waals surface area (Å²) < 4.78 is 5.74. The van der Waals surface area contributed by atoms with Gasteiger partial charge in [-0.25, -0.2) is 9.97 Å². The highest BCUT2D eigenvalue weighted by Gasteiger charge is 2.11. The Balaban J connectivity index is 2.17. The Labute approximate surface area is 92.9 Å². The largest absolute Gasteiger partial charge is 0.440 e. The lowest BCUT2D eigenvalue weighted by molar-refractivity contribution is 0.285. The molecule has 0 aliphatic heterocycles. The van der Waals surface area contributed by atoms with Crippen LogP contribution in [0.4, 0.5) is 0 Å². The number of hydrogen-bond donors (Lipinski definition) is 1. The van der Waals surface area contributed by atoms with Gasteiger partial charge in [0, 0.05) is 11.8 Å². The molecule has 4 nitrogen and oxygen atoms in total. The Bertz CT molecular complexity index is 415. The van der Waals surface area contributed by atoms with Gasteiger partial charge in [-0.1, -0.05) is 11.6 Å². The fourth-order valence-electron chi connectivity index (χ4n) is 0.789. The molecule has 0 saturated carbocycles. The van der Waals surface area contributed by atoms with Crippen molar-refractivity contribution in [3.8, 4) is 0 Å². The van der Waals surface area contributed by atoms with E-state index in [0.717, 1.165) is 0 Å². The molecular formula is C7H5ClN2O2S2. The third kappa shape index (κ3) is 2.09. The van der Waals surface area contributed by atoms with E-state index < -0.39 is 0 Å². The molecule has 2 aromatic rings. The Morgan fingerprint density at radius 3 is 3.07 bits per heavy atom. The lowest BCUT2D eigenvalue weighted by Gasteiger charge is -1.86. The summed E-state index contributed by atoms with van der Waals surface area (Å²) in [5.41, 5.74) is 0. The molecule has 7 heteroatoms. The van der Waals surface area contributed by atoms with Crippen molar-refractivity contribution in [3.63, 3.8) is 0 Å². The predicted octanol–water partition coefficient (Wildman–Crippen LogP) is 2.43. The van der Waals surface area contributed by atoms with Crippen molar-refractivity contribution in [3.05, 3.63) is 22.5 Å². The number of thiazole rings is 1. The summed E-state index contributed by atoms with van der Waals surface area (Å²) in [6.45, 7) is -0.0946. The van der Waals surface area contributed by atoms with Crippen molar-refractivity contribution >= 4 is 34.7 Å². The number of aliphatic hydroxyl groups is 1. The number of oxazole rings is 1. The summed E-state index contributed by atoms with van der Waals surface area (Å²) in [6.07, 6.45) is 3.05. The topological polar surface area (TPSA) is 59.2 Å². The molecule has 2 aromatic heterocycles. The molecule has 0 spiro atoms. The molecule has 0 atom stereocenters. The second kappa shape index (κ2) is 4.31. The summed E-state index contributed by atoms with van der Waals surface area (Å²) in [6, 6.07) is 0. The summed E-state index contributed by atoms with van der Waals surface area (Å²) in [4.78, 5) is 8.63. The minimum atomic E-state index is -0.0946. The third-order valence-corrected chi connectivity index (χ3v) is 3.76. The summed E-state index contributed by atoms with van der Waals surface area (Å²) >= 11 is 8.37. The number of aliphatic hydroxyl groups excluding tert-OH is 1. The van der Waals surface area contributed by atoms with Gasteiger partial charge < -0.3 is 9.52 Å². The maximum Gasteiger partial charge on any atom is 0.262 e. The molecule has 74 valence electrons. The van der Waals surface area contributed by atoms with Crippen LogP contribution in [-0.4, -0.2) is 15.1 Å². The van der Waals surface area contributed by atoms with E-state index in [-0.39, 0.29) is 6.61 Å². The minimum Gasteiger partial charge on any atom is -0.440 e.